The molecule has 4 heteroatoms. The molecule has 1 aromatic rings. The predicted molar refractivity (Wildman–Crippen MR) is 83.9 cm³/mol. The van der Waals surface area contributed by atoms with Gasteiger partial charge in [0.25, 0.3) is 0 Å². The summed E-state index contributed by atoms with van der Waals surface area (Å²) < 4.78 is 5.80. The van der Waals surface area contributed by atoms with E-state index in [2.05, 4.69) is 36.1 Å². The number of thioether (sulfide) groups is 1. The highest BCUT2D eigenvalue weighted by molar-refractivity contribution is 7.98. The summed E-state index contributed by atoms with van der Waals surface area (Å²) in [5.41, 5.74) is 1.55. The van der Waals surface area contributed by atoms with E-state index in [1.807, 2.05) is 11.3 Å². The smallest absolute Gasteiger partial charge is 0.114 e. The zero-order chi connectivity index (χ0) is 13.1. The van der Waals surface area contributed by atoms with Gasteiger partial charge in [0.2, 0.25) is 0 Å². The Morgan fingerprint density at radius 1 is 1.47 bits per heavy atom. The molecule has 0 bridgehead atoms. The van der Waals surface area contributed by atoms with E-state index in [4.69, 9.17) is 4.74 Å². The van der Waals surface area contributed by atoms with Crippen LogP contribution in [0.2, 0.25) is 0 Å². The Kier molecular flexibility index (Phi) is 4.51. The molecule has 1 atom stereocenters. The van der Waals surface area contributed by atoms with Crippen LogP contribution in [0.3, 0.4) is 0 Å². The second kappa shape index (κ2) is 6.33. The minimum Gasteiger partial charge on any atom is -0.496 e. The maximum atomic E-state index is 5.80. The average Bonchev–Trinajstić information content (AvgIpc) is 3.08. The first-order chi connectivity index (χ1) is 9.38. The van der Waals surface area contributed by atoms with E-state index in [9.17, 15) is 0 Å². The summed E-state index contributed by atoms with van der Waals surface area (Å²) in [6.07, 6.45) is 5.71. The van der Waals surface area contributed by atoms with Crippen molar-refractivity contribution in [3.05, 3.63) is 33.2 Å². The molecule has 0 radical (unpaired) electrons. The van der Waals surface area contributed by atoms with Gasteiger partial charge in [-0.3, -0.25) is 0 Å². The summed E-state index contributed by atoms with van der Waals surface area (Å²) in [7, 11) is 0. The van der Waals surface area contributed by atoms with Crippen LogP contribution in [0.1, 0.15) is 41.1 Å². The van der Waals surface area contributed by atoms with Crippen LogP contribution in [0.4, 0.5) is 0 Å². The van der Waals surface area contributed by atoms with E-state index in [0.29, 0.717) is 0 Å². The van der Waals surface area contributed by atoms with Crippen LogP contribution < -0.4 is 5.32 Å². The first-order valence-corrected chi connectivity index (χ1v) is 9.11. The van der Waals surface area contributed by atoms with Gasteiger partial charge in [-0.1, -0.05) is 6.92 Å². The van der Waals surface area contributed by atoms with Crippen molar-refractivity contribution in [1.29, 1.82) is 0 Å². The highest BCUT2D eigenvalue weighted by Crippen LogP contribution is 2.37. The Morgan fingerprint density at radius 3 is 3.16 bits per heavy atom. The van der Waals surface area contributed by atoms with Crippen molar-refractivity contribution in [2.45, 2.75) is 38.0 Å². The van der Waals surface area contributed by atoms with Gasteiger partial charge in [-0.15, -0.1) is 11.3 Å². The van der Waals surface area contributed by atoms with Gasteiger partial charge in [-0.05, 0) is 42.8 Å². The lowest BCUT2D eigenvalue weighted by molar-refractivity contribution is 0.216. The van der Waals surface area contributed by atoms with Gasteiger partial charge in [0.15, 0.2) is 0 Å². The highest BCUT2D eigenvalue weighted by Gasteiger charge is 2.24. The van der Waals surface area contributed by atoms with E-state index >= 15 is 0 Å². The van der Waals surface area contributed by atoms with Crippen LogP contribution in [0, 0.1) is 0 Å². The Morgan fingerprint density at radius 2 is 2.42 bits per heavy atom. The Labute approximate surface area is 123 Å². The number of aryl methyl sites for hydroxylation is 1. The average molecular weight is 295 g/mol. The lowest BCUT2D eigenvalue weighted by atomic mass is 10.1. The molecule has 3 rings (SSSR count). The Bertz CT molecular complexity index is 443. The van der Waals surface area contributed by atoms with Gasteiger partial charge in [-0.2, -0.15) is 11.8 Å². The third-order valence-corrected chi connectivity index (χ3v) is 5.86. The molecule has 2 aliphatic heterocycles. The molecule has 1 aromatic heterocycles. The van der Waals surface area contributed by atoms with Crippen LogP contribution in [-0.4, -0.2) is 18.9 Å². The number of ether oxygens (including phenoxy) is 1. The maximum Gasteiger partial charge on any atom is 0.114 e. The first-order valence-electron chi connectivity index (χ1n) is 7.14. The molecule has 2 nitrogen and oxygen atoms in total. The molecule has 1 N–H and O–H groups in total. The second-order valence-corrected chi connectivity index (χ2v) is 7.30. The van der Waals surface area contributed by atoms with Crippen LogP contribution in [0.25, 0.3) is 0 Å². The van der Waals surface area contributed by atoms with Crippen molar-refractivity contribution in [2.24, 2.45) is 0 Å². The van der Waals surface area contributed by atoms with Crippen LogP contribution in [0.15, 0.2) is 17.9 Å². The highest BCUT2D eigenvalue weighted by atomic mass is 32.2. The molecule has 0 saturated carbocycles. The number of hydrogen-bond donors (Lipinski definition) is 1. The third kappa shape index (κ3) is 3.01. The number of hydrogen-bond acceptors (Lipinski definition) is 4. The zero-order valence-corrected chi connectivity index (χ0v) is 13.0. The van der Waals surface area contributed by atoms with Gasteiger partial charge in [0, 0.05) is 21.9 Å². The maximum absolute atomic E-state index is 5.80. The molecule has 0 fully saturated rings. The first kappa shape index (κ1) is 13.5. The molecular formula is C15H21NOS2. The van der Waals surface area contributed by atoms with Gasteiger partial charge in [0.1, 0.15) is 5.76 Å². The van der Waals surface area contributed by atoms with E-state index in [-0.39, 0.29) is 6.04 Å². The van der Waals surface area contributed by atoms with Crippen molar-refractivity contribution in [2.75, 3.05) is 18.9 Å². The molecule has 0 aliphatic carbocycles. The van der Waals surface area contributed by atoms with E-state index < -0.39 is 0 Å². The van der Waals surface area contributed by atoms with Crippen molar-refractivity contribution >= 4 is 23.1 Å². The lowest BCUT2D eigenvalue weighted by Crippen LogP contribution is -2.23. The quantitative estimate of drug-likeness (QED) is 0.890. The number of fused-ring (bicyclic) bond motifs is 1. The number of nitrogens with one attached hydrogen (secondary N) is 1. The lowest BCUT2D eigenvalue weighted by Gasteiger charge is -2.18. The van der Waals surface area contributed by atoms with E-state index in [1.54, 1.807) is 10.4 Å². The van der Waals surface area contributed by atoms with Crippen LogP contribution in [0.5, 0.6) is 0 Å². The summed E-state index contributed by atoms with van der Waals surface area (Å²) in [5, 5.41) is 3.65. The molecule has 0 aromatic carbocycles. The summed E-state index contributed by atoms with van der Waals surface area (Å²) in [5.74, 6) is 3.60. The topological polar surface area (TPSA) is 21.3 Å². The fraction of sp³-hybridized carbons (Fsp3) is 0.600. The summed E-state index contributed by atoms with van der Waals surface area (Å²) >= 11 is 4.04. The molecule has 19 heavy (non-hydrogen) atoms. The fourth-order valence-electron chi connectivity index (χ4n) is 2.58. The van der Waals surface area contributed by atoms with Crippen molar-refractivity contribution < 1.29 is 4.74 Å². The largest absolute Gasteiger partial charge is 0.496 e. The monoisotopic (exact) mass is 295 g/mol. The van der Waals surface area contributed by atoms with Gasteiger partial charge < -0.3 is 10.1 Å². The van der Waals surface area contributed by atoms with E-state index in [1.165, 1.54) is 22.8 Å². The second-order valence-electron chi connectivity index (χ2n) is 5.03. The summed E-state index contributed by atoms with van der Waals surface area (Å²) in [6.45, 7) is 4.10. The van der Waals surface area contributed by atoms with Crippen molar-refractivity contribution in [3.63, 3.8) is 0 Å². The normalized spacial score (nSPS) is 19.7. The predicted octanol–water partition coefficient (Wildman–Crippen LogP) is 3.88. The molecule has 104 valence electrons. The van der Waals surface area contributed by atoms with Crippen molar-refractivity contribution in [1.82, 2.24) is 5.32 Å². The van der Waals surface area contributed by atoms with Gasteiger partial charge in [-0.25, -0.2) is 0 Å². The Hall–Kier alpha value is -0.450. The van der Waals surface area contributed by atoms with Gasteiger partial charge >= 0.3 is 0 Å². The molecule has 0 spiro atoms. The summed E-state index contributed by atoms with van der Waals surface area (Å²) in [4.78, 5) is 3.03. The molecule has 1 unspecified atom stereocenters. The fourth-order valence-corrected chi connectivity index (χ4v) is 5.04. The molecular weight excluding hydrogens is 274 g/mol. The minimum atomic E-state index is 0.281. The Balaban J connectivity index is 1.83. The zero-order valence-electron chi connectivity index (χ0n) is 11.4. The van der Waals surface area contributed by atoms with E-state index in [0.717, 1.165) is 31.8 Å². The van der Waals surface area contributed by atoms with Crippen molar-refractivity contribution in [3.8, 4) is 0 Å². The molecule has 0 saturated heterocycles. The SMILES string of the molecule is CCCNC(C1=CCCO1)c1cc2c(s1)CCSC2. The van der Waals surface area contributed by atoms with Gasteiger partial charge in [0.05, 0.1) is 12.6 Å². The third-order valence-electron chi connectivity index (χ3n) is 3.55. The number of rotatable bonds is 5. The van der Waals surface area contributed by atoms with Crippen LogP contribution in [-0.2, 0) is 16.9 Å². The van der Waals surface area contributed by atoms with Crippen LogP contribution >= 0.6 is 23.1 Å². The molecule has 3 heterocycles. The number of thiophene rings is 1. The standard InChI is InChI=1S/C15H21NOS2/c1-2-6-16-15(12-4-3-7-17-12)14-9-11-10-18-8-5-13(11)19-14/h4,9,15-16H,2-3,5-8,10H2,1H3. The summed E-state index contributed by atoms with van der Waals surface area (Å²) in [6, 6.07) is 2.69. The molecule has 0 amide bonds. The molecule has 2 aliphatic rings. The minimum absolute atomic E-state index is 0.281.